The van der Waals surface area contributed by atoms with Crippen LogP contribution in [-0.4, -0.2) is 9.97 Å². The zero-order chi connectivity index (χ0) is 18.1. The van der Waals surface area contributed by atoms with Crippen molar-refractivity contribution in [2.75, 3.05) is 0 Å². The van der Waals surface area contributed by atoms with Crippen LogP contribution in [0.25, 0.3) is 21.9 Å². The number of aromatic nitrogens is 2. The highest BCUT2D eigenvalue weighted by molar-refractivity contribution is 7.18. The Morgan fingerprint density at radius 2 is 2.08 bits per heavy atom. The average Bonchev–Trinajstić information content (AvgIpc) is 3.05. The van der Waals surface area contributed by atoms with Crippen LogP contribution in [-0.2, 0) is 19.3 Å². The summed E-state index contributed by atoms with van der Waals surface area (Å²) in [4.78, 5) is 22.1. The van der Waals surface area contributed by atoms with Gasteiger partial charge in [0.05, 0.1) is 11.0 Å². The standard InChI is InChI=1S/C21H19N3OS/c1-2-13-7-9-14(10-8-13)11-15(12-22)19-23-20(25)18-16-5-3-4-6-17(16)26-21(18)24-19/h7-11H,2-6H2,1H3,(H,23,24,25). The Morgan fingerprint density at radius 1 is 1.31 bits per heavy atom. The molecule has 0 amide bonds. The average molecular weight is 361 g/mol. The molecule has 0 atom stereocenters. The zero-order valence-corrected chi connectivity index (χ0v) is 15.4. The summed E-state index contributed by atoms with van der Waals surface area (Å²) in [6.45, 7) is 2.11. The first-order valence-corrected chi connectivity index (χ1v) is 9.77. The smallest absolute Gasteiger partial charge is 0.260 e. The maximum atomic E-state index is 12.7. The van der Waals surface area contributed by atoms with Crippen LogP contribution >= 0.6 is 11.3 Å². The Hall–Kier alpha value is -2.71. The first-order chi connectivity index (χ1) is 12.7. The number of hydrogen-bond donors (Lipinski definition) is 1. The van der Waals surface area contributed by atoms with Crippen molar-refractivity contribution in [3.63, 3.8) is 0 Å². The lowest BCUT2D eigenvalue weighted by atomic mass is 9.97. The fourth-order valence-electron chi connectivity index (χ4n) is 3.46. The van der Waals surface area contributed by atoms with Gasteiger partial charge in [0.15, 0.2) is 5.82 Å². The molecular formula is C21H19N3OS. The molecule has 0 radical (unpaired) electrons. The Balaban J connectivity index is 1.80. The quantitative estimate of drug-likeness (QED) is 0.699. The number of rotatable bonds is 3. The summed E-state index contributed by atoms with van der Waals surface area (Å²) in [7, 11) is 0. The molecule has 1 aromatic carbocycles. The van der Waals surface area contributed by atoms with E-state index in [1.807, 2.05) is 24.3 Å². The molecule has 0 aliphatic heterocycles. The summed E-state index contributed by atoms with van der Waals surface area (Å²) in [6, 6.07) is 10.2. The highest BCUT2D eigenvalue weighted by Crippen LogP contribution is 2.33. The molecule has 26 heavy (non-hydrogen) atoms. The minimum Gasteiger partial charge on any atom is -0.305 e. The predicted octanol–water partition coefficient (Wildman–Crippen LogP) is 4.49. The molecule has 1 aliphatic rings. The molecule has 5 heteroatoms. The van der Waals surface area contributed by atoms with Gasteiger partial charge in [0.2, 0.25) is 0 Å². The molecule has 2 heterocycles. The molecule has 0 spiro atoms. The maximum Gasteiger partial charge on any atom is 0.260 e. The van der Waals surface area contributed by atoms with Crippen molar-refractivity contribution in [3.05, 3.63) is 62.0 Å². The van der Waals surface area contributed by atoms with Crippen LogP contribution in [0.3, 0.4) is 0 Å². The van der Waals surface area contributed by atoms with Gasteiger partial charge < -0.3 is 4.98 Å². The van der Waals surface area contributed by atoms with Crippen molar-refractivity contribution >= 4 is 33.2 Å². The van der Waals surface area contributed by atoms with Crippen LogP contribution in [0.1, 0.15) is 47.2 Å². The maximum absolute atomic E-state index is 12.7. The van der Waals surface area contributed by atoms with E-state index in [1.165, 1.54) is 16.9 Å². The Bertz CT molecular complexity index is 1100. The fourth-order valence-corrected chi connectivity index (χ4v) is 4.72. The van der Waals surface area contributed by atoms with Gasteiger partial charge in [0, 0.05) is 4.88 Å². The van der Waals surface area contributed by atoms with E-state index in [-0.39, 0.29) is 5.56 Å². The van der Waals surface area contributed by atoms with E-state index in [1.54, 1.807) is 17.4 Å². The number of nitrogens with one attached hydrogen (secondary N) is 1. The summed E-state index contributed by atoms with van der Waals surface area (Å²) in [5, 5.41) is 10.3. The van der Waals surface area contributed by atoms with Crippen molar-refractivity contribution in [2.45, 2.75) is 39.0 Å². The van der Waals surface area contributed by atoms with Gasteiger partial charge >= 0.3 is 0 Å². The van der Waals surface area contributed by atoms with Crippen LogP contribution in [0, 0.1) is 11.3 Å². The van der Waals surface area contributed by atoms with Crippen molar-refractivity contribution in [1.82, 2.24) is 9.97 Å². The highest BCUT2D eigenvalue weighted by atomic mass is 32.1. The van der Waals surface area contributed by atoms with Crippen molar-refractivity contribution in [2.24, 2.45) is 0 Å². The minimum atomic E-state index is -0.133. The van der Waals surface area contributed by atoms with Gasteiger partial charge in [-0.2, -0.15) is 5.26 Å². The number of allylic oxidation sites excluding steroid dienone is 1. The van der Waals surface area contributed by atoms with Gasteiger partial charge in [-0.25, -0.2) is 4.98 Å². The van der Waals surface area contributed by atoms with Crippen LogP contribution in [0.15, 0.2) is 29.1 Å². The molecule has 0 saturated carbocycles. The SMILES string of the molecule is CCc1ccc(C=C(C#N)c2nc3sc4c(c3c(=O)[nH]2)CCCC4)cc1. The summed E-state index contributed by atoms with van der Waals surface area (Å²) in [5.74, 6) is 0.350. The van der Waals surface area contributed by atoms with Crippen LogP contribution in [0.2, 0.25) is 0 Å². The van der Waals surface area contributed by atoms with E-state index in [4.69, 9.17) is 0 Å². The van der Waals surface area contributed by atoms with E-state index in [9.17, 15) is 10.1 Å². The third kappa shape index (κ3) is 2.97. The molecule has 1 aliphatic carbocycles. The van der Waals surface area contributed by atoms with Crippen molar-refractivity contribution in [1.29, 1.82) is 5.26 Å². The van der Waals surface area contributed by atoms with E-state index >= 15 is 0 Å². The highest BCUT2D eigenvalue weighted by Gasteiger charge is 2.20. The summed E-state index contributed by atoms with van der Waals surface area (Å²) < 4.78 is 0. The van der Waals surface area contributed by atoms with Crippen LogP contribution in [0.4, 0.5) is 0 Å². The molecule has 4 nitrogen and oxygen atoms in total. The van der Waals surface area contributed by atoms with Crippen LogP contribution in [0.5, 0.6) is 0 Å². The summed E-state index contributed by atoms with van der Waals surface area (Å²) in [5.41, 5.74) is 3.57. The lowest BCUT2D eigenvalue weighted by Gasteiger charge is -2.09. The molecule has 0 bridgehead atoms. The number of benzene rings is 1. The molecule has 3 aromatic rings. The van der Waals surface area contributed by atoms with E-state index in [2.05, 4.69) is 23.0 Å². The van der Waals surface area contributed by atoms with Crippen molar-refractivity contribution in [3.8, 4) is 6.07 Å². The lowest BCUT2D eigenvalue weighted by Crippen LogP contribution is -2.12. The van der Waals surface area contributed by atoms with Gasteiger partial charge in [-0.3, -0.25) is 4.79 Å². The van der Waals surface area contributed by atoms with Gasteiger partial charge in [-0.1, -0.05) is 31.2 Å². The Morgan fingerprint density at radius 3 is 2.81 bits per heavy atom. The van der Waals surface area contributed by atoms with E-state index in [0.717, 1.165) is 47.0 Å². The third-order valence-electron chi connectivity index (χ3n) is 4.90. The van der Waals surface area contributed by atoms with Gasteiger partial charge in [-0.05, 0) is 54.9 Å². The molecular weight excluding hydrogens is 342 g/mol. The van der Waals surface area contributed by atoms with Gasteiger partial charge in [0.1, 0.15) is 10.9 Å². The predicted molar refractivity (Wildman–Crippen MR) is 106 cm³/mol. The Kier molecular flexibility index (Phi) is 4.44. The number of thiophene rings is 1. The van der Waals surface area contributed by atoms with Gasteiger partial charge in [-0.15, -0.1) is 11.3 Å². The second kappa shape index (κ2) is 6.89. The number of nitriles is 1. The first kappa shape index (κ1) is 16.7. The molecule has 4 rings (SSSR count). The minimum absolute atomic E-state index is 0.133. The number of nitrogens with zero attached hydrogens (tertiary/aromatic N) is 2. The molecule has 0 saturated heterocycles. The second-order valence-corrected chi connectivity index (χ2v) is 7.65. The molecule has 0 fully saturated rings. The number of H-pyrrole nitrogens is 1. The third-order valence-corrected chi connectivity index (χ3v) is 6.09. The fraction of sp³-hybridized carbons (Fsp3) is 0.286. The topological polar surface area (TPSA) is 69.5 Å². The molecule has 2 aromatic heterocycles. The molecule has 1 N–H and O–H groups in total. The number of fused-ring (bicyclic) bond motifs is 3. The second-order valence-electron chi connectivity index (χ2n) is 6.57. The van der Waals surface area contributed by atoms with Gasteiger partial charge in [0.25, 0.3) is 5.56 Å². The van der Waals surface area contributed by atoms with E-state index < -0.39 is 0 Å². The normalized spacial score (nSPS) is 14.2. The Labute approximate surface area is 155 Å². The first-order valence-electron chi connectivity index (χ1n) is 8.95. The van der Waals surface area contributed by atoms with Crippen molar-refractivity contribution < 1.29 is 0 Å². The number of hydrogen-bond acceptors (Lipinski definition) is 4. The number of aryl methyl sites for hydroxylation is 3. The summed E-state index contributed by atoms with van der Waals surface area (Å²) in [6.07, 6.45) is 7.01. The monoisotopic (exact) mass is 361 g/mol. The zero-order valence-electron chi connectivity index (χ0n) is 14.6. The molecule has 0 unspecified atom stereocenters. The van der Waals surface area contributed by atoms with E-state index in [0.29, 0.717) is 11.4 Å². The summed E-state index contributed by atoms with van der Waals surface area (Å²) >= 11 is 1.60. The van der Waals surface area contributed by atoms with Crippen LogP contribution < -0.4 is 5.56 Å². The lowest BCUT2D eigenvalue weighted by molar-refractivity contribution is 0.700. The molecule has 130 valence electrons. The largest absolute Gasteiger partial charge is 0.305 e. The number of aromatic amines is 1.